The van der Waals surface area contributed by atoms with Gasteiger partial charge in [-0.25, -0.2) is 0 Å². The van der Waals surface area contributed by atoms with Crippen LogP contribution in [-0.4, -0.2) is 20.2 Å². The van der Waals surface area contributed by atoms with Gasteiger partial charge in [0.05, 0.1) is 24.7 Å². The SMILES string of the molecule is CN1CCOc2cc(CC#N)ccc21. The lowest BCUT2D eigenvalue weighted by Crippen LogP contribution is -2.28. The second kappa shape index (κ2) is 3.59. The topological polar surface area (TPSA) is 36.3 Å². The van der Waals surface area contributed by atoms with E-state index in [0.29, 0.717) is 6.42 Å². The second-order valence-corrected chi connectivity index (χ2v) is 3.41. The highest BCUT2D eigenvalue weighted by Crippen LogP contribution is 2.31. The highest BCUT2D eigenvalue weighted by molar-refractivity contribution is 5.60. The lowest BCUT2D eigenvalue weighted by atomic mass is 10.1. The molecule has 0 unspecified atom stereocenters. The van der Waals surface area contributed by atoms with Crippen LogP contribution in [0.25, 0.3) is 0 Å². The quantitative estimate of drug-likeness (QED) is 0.671. The second-order valence-electron chi connectivity index (χ2n) is 3.41. The van der Waals surface area contributed by atoms with Gasteiger partial charge in [-0.1, -0.05) is 6.07 Å². The fourth-order valence-electron chi connectivity index (χ4n) is 1.60. The molecule has 14 heavy (non-hydrogen) atoms. The van der Waals surface area contributed by atoms with Crippen LogP contribution in [0.2, 0.25) is 0 Å². The molecule has 0 atom stereocenters. The molecule has 1 heterocycles. The number of hydrogen-bond acceptors (Lipinski definition) is 3. The first kappa shape index (κ1) is 8.89. The molecule has 1 aliphatic heterocycles. The summed E-state index contributed by atoms with van der Waals surface area (Å²) >= 11 is 0. The Morgan fingerprint density at radius 3 is 3.21 bits per heavy atom. The van der Waals surface area contributed by atoms with Crippen molar-refractivity contribution in [3.05, 3.63) is 23.8 Å². The van der Waals surface area contributed by atoms with E-state index in [4.69, 9.17) is 10.00 Å². The molecule has 1 aromatic carbocycles. The first-order valence-electron chi connectivity index (χ1n) is 4.65. The first-order chi connectivity index (χ1) is 6.81. The Bertz CT molecular complexity index is 381. The number of ether oxygens (including phenoxy) is 1. The van der Waals surface area contributed by atoms with Crippen molar-refractivity contribution >= 4 is 5.69 Å². The zero-order chi connectivity index (χ0) is 9.97. The van der Waals surface area contributed by atoms with Gasteiger partial charge in [-0.3, -0.25) is 0 Å². The van der Waals surface area contributed by atoms with Crippen molar-refractivity contribution < 1.29 is 4.74 Å². The van der Waals surface area contributed by atoms with Crippen molar-refractivity contribution in [2.45, 2.75) is 6.42 Å². The van der Waals surface area contributed by atoms with E-state index in [-0.39, 0.29) is 0 Å². The summed E-state index contributed by atoms with van der Waals surface area (Å²) in [5.74, 6) is 0.895. The molecule has 1 aromatic rings. The molecule has 3 heteroatoms. The zero-order valence-electron chi connectivity index (χ0n) is 8.16. The molecule has 0 N–H and O–H groups in total. The van der Waals surface area contributed by atoms with Crippen molar-refractivity contribution in [2.75, 3.05) is 25.1 Å². The fourth-order valence-corrected chi connectivity index (χ4v) is 1.60. The standard InChI is InChI=1S/C11H12N2O/c1-13-6-7-14-11-8-9(4-5-12)2-3-10(11)13/h2-3,8H,4,6-7H2,1H3. The van der Waals surface area contributed by atoms with Crippen LogP contribution in [0.3, 0.4) is 0 Å². The van der Waals surface area contributed by atoms with Crippen LogP contribution in [0.15, 0.2) is 18.2 Å². The van der Waals surface area contributed by atoms with Gasteiger partial charge in [0.1, 0.15) is 12.4 Å². The molecule has 0 aliphatic carbocycles. The maximum atomic E-state index is 8.57. The third kappa shape index (κ3) is 1.51. The van der Waals surface area contributed by atoms with Gasteiger partial charge in [-0.15, -0.1) is 0 Å². The number of rotatable bonds is 1. The summed E-state index contributed by atoms with van der Waals surface area (Å²) in [5.41, 5.74) is 2.12. The smallest absolute Gasteiger partial charge is 0.142 e. The number of benzene rings is 1. The lowest BCUT2D eigenvalue weighted by molar-refractivity contribution is 0.311. The van der Waals surface area contributed by atoms with Crippen LogP contribution in [0.1, 0.15) is 5.56 Å². The largest absolute Gasteiger partial charge is 0.490 e. The van der Waals surface area contributed by atoms with Crippen LogP contribution < -0.4 is 9.64 Å². The van der Waals surface area contributed by atoms with Crippen molar-refractivity contribution in [3.8, 4) is 11.8 Å². The Morgan fingerprint density at radius 1 is 1.57 bits per heavy atom. The van der Waals surface area contributed by atoms with Crippen LogP contribution in [0.4, 0.5) is 5.69 Å². The molecule has 72 valence electrons. The summed E-state index contributed by atoms with van der Waals surface area (Å²) in [6.45, 7) is 1.64. The summed E-state index contributed by atoms with van der Waals surface area (Å²) in [7, 11) is 2.05. The first-order valence-corrected chi connectivity index (χ1v) is 4.65. The number of hydrogen-bond donors (Lipinski definition) is 0. The number of nitriles is 1. The molecule has 0 spiro atoms. The maximum Gasteiger partial charge on any atom is 0.142 e. The fraction of sp³-hybridized carbons (Fsp3) is 0.364. The van der Waals surface area contributed by atoms with Gasteiger partial charge in [0.2, 0.25) is 0 Å². The van der Waals surface area contributed by atoms with E-state index in [9.17, 15) is 0 Å². The van der Waals surface area contributed by atoms with Crippen LogP contribution in [0, 0.1) is 11.3 Å². The number of likely N-dealkylation sites (N-methyl/N-ethyl adjacent to an activating group) is 1. The third-order valence-corrected chi connectivity index (χ3v) is 2.40. The molecule has 1 aliphatic rings. The van der Waals surface area contributed by atoms with E-state index in [1.807, 2.05) is 25.2 Å². The number of fused-ring (bicyclic) bond motifs is 1. The summed E-state index contributed by atoms with van der Waals surface area (Å²) in [5, 5.41) is 8.57. The van der Waals surface area contributed by atoms with Crippen LogP contribution in [0.5, 0.6) is 5.75 Å². The predicted molar refractivity (Wildman–Crippen MR) is 54.5 cm³/mol. The molecule has 0 radical (unpaired) electrons. The highest BCUT2D eigenvalue weighted by atomic mass is 16.5. The van der Waals surface area contributed by atoms with Gasteiger partial charge in [-0.05, 0) is 17.7 Å². The van der Waals surface area contributed by atoms with Crippen LogP contribution in [-0.2, 0) is 6.42 Å². The van der Waals surface area contributed by atoms with Crippen molar-refractivity contribution in [1.82, 2.24) is 0 Å². The molecule has 0 amide bonds. The molecular weight excluding hydrogens is 176 g/mol. The summed E-state index contributed by atoms with van der Waals surface area (Å²) in [6, 6.07) is 8.08. The molecular formula is C11H12N2O. The monoisotopic (exact) mass is 188 g/mol. The summed E-state index contributed by atoms with van der Waals surface area (Å²) < 4.78 is 5.53. The molecule has 0 fully saturated rings. The van der Waals surface area contributed by atoms with Crippen molar-refractivity contribution in [1.29, 1.82) is 5.26 Å². The minimum Gasteiger partial charge on any atom is -0.490 e. The molecule has 0 saturated heterocycles. The molecule has 0 bridgehead atoms. The molecule has 0 saturated carbocycles. The van der Waals surface area contributed by atoms with Gasteiger partial charge in [0, 0.05) is 7.05 Å². The highest BCUT2D eigenvalue weighted by Gasteiger charge is 2.14. The van der Waals surface area contributed by atoms with Gasteiger partial charge in [0.15, 0.2) is 0 Å². The number of nitrogens with zero attached hydrogens (tertiary/aromatic N) is 2. The van der Waals surface area contributed by atoms with E-state index < -0.39 is 0 Å². The van der Waals surface area contributed by atoms with E-state index in [0.717, 1.165) is 30.2 Å². The average Bonchev–Trinajstić information content (AvgIpc) is 2.18. The predicted octanol–water partition coefficient (Wildman–Crippen LogP) is 1.58. The normalized spacial score (nSPS) is 14.1. The summed E-state index contributed by atoms with van der Waals surface area (Å²) in [6.07, 6.45) is 0.445. The number of anilines is 1. The average molecular weight is 188 g/mol. The van der Waals surface area contributed by atoms with Gasteiger partial charge in [0.25, 0.3) is 0 Å². The summed E-state index contributed by atoms with van der Waals surface area (Å²) in [4.78, 5) is 2.16. The lowest BCUT2D eigenvalue weighted by Gasteiger charge is -2.27. The Morgan fingerprint density at radius 2 is 2.43 bits per heavy atom. The Hall–Kier alpha value is -1.69. The third-order valence-electron chi connectivity index (χ3n) is 2.40. The Balaban J connectivity index is 2.35. The maximum absolute atomic E-state index is 8.57. The van der Waals surface area contributed by atoms with E-state index in [1.165, 1.54) is 0 Å². The van der Waals surface area contributed by atoms with E-state index in [1.54, 1.807) is 0 Å². The minimum atomic E-state index is 0.445. The van der Waals surface area contributed by atoms with Gasteiger partial charge >= 0.3 is 0 Å². The van der Waals surface area contributed by atoms with E-state index >= 15 is 0 Å². The van der Waals surface area contributed by atoms with Gasteiger partial charge in [-0.2, -0.15) is 5.26 Å². The molecule has 2 rings (SSSR count). The van der Waals surface area contributed by atoms with Crippen molar-refractivity contribution in [2.24, 2.45) is 0 Å². The van der Waals surface area contributed by atoms with Crippen molar-refractivity contribution in [3.63, 3.8) is 0 Å². The Labute approximate surface area is 83.5 Å². The Kier molecular flexibility index (Phi) is 2.28. The minimum absolute atomic E-state index is 0.445. The molecule has 3 nitrogen and oxygen atoms in total. The van der Waals surface area contributed by atoms with E-state index in [2.05, 4.69) is 11.0 Å². The van der Waals surface area contributed by atoms with Crippen LogP contribution >= 0.6 is 0 Å². The zero-order valence-corrected chi connectivity index (χ0v) is 8.16. The van der Waals surface area contributed by atoms with Gasteiger partial charge < -0.3 is 9.64 Å². The molecule has 0 aromatic heterocycles.